The number of aromatic amines is 1. The Balaban J connectivity index is 2.09. The summed E-state index contributed by atoms with van der Waals surface area (Å²) in [5.74, 6) is 0.754. The molecule has 22 heavy (non-hydrogen) atoms. The van der Waals surface area contributed by atoms with Gasteiger partial charge in [0.2, 0.25) is 5.88 Å². The number of carbonyl (C=O) groups excluding carboxylic acids is 1. The molecular formula is C16H15ClN2O3. The number of nitrogens with one attached hydrogen (secondary N) is 1. The molecule has 0 spiro atoms. The van der Waals surface area contributed by atoms with E-state index in [9.17, 15) is 9.59 Å². The zero-order chi connectivity index (χ0) is 15.7. The summed E-state index contributed by atoms with van der Waals surface area (Å²) < 4.78 is 5.71. The molecule has 1 aliphatic rings. The van der Waals surface area contributed by atoms with E-state index in [1.54, 1.807) is 18.2 Å². The molecule has 0 amide bonds. The van der Waals surface area contributed by atoms with Crippen molar-refractivity contribution < 1.29 is 9.53 Å². The summed E-state index contributed by atoms with van der Waals surface area (Å²) in [6.45, 7) is 2.03. The lowest BCUT2D eigenvalue weighted by Crippen LogP contribution is -2.12. The Kier molecular flexibility index (Phi) is 3.98. The number of carbonyl (C=O) groups is 1. The molecule has 0 radical (unpaired) electrons. The first-order chi connectivity index (χ1) is 10.5. The predicted molar refractivity (Wildman–Crippen MR) is 83.5 cm³/mol. The first kappa shape index (κ1) is 14.8. The maximum absolute atomic E-state index is 11.8. The number of hydrogen-bond donors (Lipinski definition) is 1. The minimum absolute atomic E-state index is 0.111. The molecule has 0 bridgehead atoms. The van der Waals surface area contributed by atoms with Gasteiger partial charge >= 0.3 is 0 Å². The third-order valence-corrected chi connectivity index (χ3v) is 3.81. The largest absolute Gasteiger partial charge is 0.476 e. The van der Waals surface area contributed by atoms with Crippen molar-refractivity contribution in [2.45, 2.75) is 19.8 Å². The standard InChI is InChI=1S/C16H15ClN2O3/c1-9(20)12-5-4-11(17)6-13(12)14-7-15(21)18-19-16(14)22-8-10-2-3-10/h4-7,10H,2-3,8H2,1H3,(H,18,21). The Hall–Kier alpha value is -2.14. The highest BCUT2D eigenvalue weighted by Crippen LogP contribution is 2.34. The van der Waals surface area contributed by atoms with Gasteiger partial charge in [0.15, 0.2) is 5.78 Å². The molecule has 1 heterocycles. The van der Waals surface area contributed by atoms with Gasteiger partial charge in [-0.25, -0.2) is 5.10 Å². The van der Waals surface area contributed by atoms with Crippen LogP contribution in [0.1, 0.15) is 30.1 Å². The van der Waals surface area contributed by atoms with E-state index in [1.165, 1.54) is 13.0 Å². The number of nitrogens with zero attached hydrogens (tertiary/aromatic N) is 1. The minimum atomic E-state index is -0.358. The van der Waals surface area contributed by atoms with Crippen LogP contribution in [0.15, 0.2) is 29.1 Å². The number of halogens is 1. The molecule has 0 saturated heterocycles. The fourth-order valence-electron chi connectivity index (χ4n) is 2.22. The Morgan fingerprint density at radius 2 is 2.14 bits per heavy atom. The van der Waals surface area contributed by atoms with Crippen LogP contribution in [-0.2, 0) is 0 Å². The lowest BCUT2D eigenvalue weighted by molar-refractivity contribution is 0.101. The first-order valence-electron chi connectivity index (χ1n) is 7.08. The first-order valence-corrected chi connectivity index (χ1v) is 7.46. The second-order valence-electron chi connectivity index (χ2n) is 5.45. The van der Waals surface area contributed by atoms with Crippen molar-refractivity contribution in [1.82, 2.24) is 10.2 Å². The maximum Gasteiger partial charge on any atom is 0.265 e. The number of H-pyrrole nitrogens is 1. The monoisotopic (exact) mass is 318 g/mol. The fraction of sp³-hybridized carbons (Fsp3) is 0.312. The molecule has 0 atom stereocenters. The highest BCUT2D eigenvalue weighted by atomic mass is 35.5. The molecule has 0 unspecified atom stereocenters. The van der Waals surface area contributed by atoms with E-state index in [-0.39, 0.29) is 11.3 Å². The van der Waals surface area contributed by atoms with Crippen LogP contribution in [0.3, 0.4) is 0 Å². The molecule has 1 aromatic heterocycles. The smallest absolute Gasteiger partial charge is 0.265 e. The van der Waals surface area contributed by atoms with Crippen molar-refractivity contribution in [3.63, 3.8) is 0 Å². The molecule has 114 valence electrons. The molecule has 0 aliphatic heterocycles. The summed E-state index contributed by atoms with van der Waals surface area (Å²) in [7, 11) is 0. The van der Waals surface area contributed by atoms with E-state index in [0.717, 1.165) is 12.8 Å². The van der Waals surface area contributed by atoms with Crippen LogP contribution in [0.4, 0.5) is 0 Å². The molecule has 1 fully saturated rings. The number of hydrogen-bond acceptors (Lipinski definition) is 4. The Labute approximate surface area is 132 Å². The van der Waals surface area contributed by atoms with Gasteiger partial charge in [0, 0.05) is 16.7 Å². The van der Waals surface area contributed by atoms with Gasteiger partial charge < -0.3 is 4.74 Å². The van der Waals surface area contributed by atoms with Crippen LogP contribution in [0.25, 0.3) is 11.1 Å². The number of ether oxygens (including phenoxy) is 1. The Morgan fingerprint density at radius 3 is 2.82 bits per heavy atom. The van der Waals surface area contributed by atoms with Crippen molar-refractivity contribution in [3.8, 4) is 17.0 Å². The number of ketones is 1. The van der Waals surface area contributed by atoms with Crippen LogP contribution in [-0.4, -0.2) is 22.6 Å². The van der Waals surface area contributed by atoms with Gasteiger partial charge in [-0.2, -0.15) is 0 Å². The highest BCUT2D eigenvalue weighted by Gasteiger charge is 2.23. The SMILES string of the molecule is CC(=O)c1ccc(Cl)cc1-c1cc(=O)[nH]nc1OCC1CC1. The zero-order valence-electron chi connectivity index (χ0n) is 12.1. The van der Waals surface area contributed by atoms with Crippen molar-refractivity contribution >= 4 is 17.4 Å². The number of aromatic nitrogens is 2. The topological polar surface area (TPSA) is 72.0 Å². The van der Waals surface area contributed by atoms with Gasteiger partial charge in [-0.3, -0.25) is 9.59 Å². The number of rotatable bonds is 5. The van der Waals surface area contributed by atoms with E-state index in [4.69, 9.17) is 16.3 Å². The van der Waals surface area contributed by atoms with Gasteiger partial charge in [-0.15, -0.1) is 5.10 Å². The summed E-state index contributed by atoms with van der Waals surface area (Å²) in [5.41, 5.74) is 1.16. The predicted octanol–water partition coefficient (Wildman–Crippen LogP) is 3.08. The van der Waals surface area contributed by atoms with Gasteiger partial charge in [0.1, 0.15) is 0 Å². The molecule has 3 rings (SSSR count). The molecule has 1 aromatic carbocycles. The molecule has 2 aromatic rings. The molecule has 1 N–H and O–H groups in total. The van der Waals surface area contributed by atoms with Gasteiger partial charge in [-0.05, 0) is 49.4 Å². The zero-order valence-corrected chi connectivity index (χ0v) is 12.8. The van der Waals surface area contributed by atoms with Crippen LogP contribution in [0, 0.1) is 5.92 Å². The van der Waals surface area contributed by atoms with E-state index >= 15 is 0 Å². The van der Waals surface area contributed by atoms with E-state index < -0.39 is 0 Å². The highest BCUT2D eigenvalue weighted by molar-refractivity contribution is 6.31. The van der Waals surface area contributed by atoms with Gasteiger partial charge in [-0.1, -0.05) is 11.6 Å². The number of benzene rings is 1. The van der Waals surface area contributed by atoms with Crippen molar-refractivity contribution in [3.05, 3.63) is 45.2 Å². The van der Waals surface area contributed by atoms with Gasteiger partial charge in [0.25, 0.3) is 5.56 Å². The molecule has 6 heteroatoms. The average Bonchev–Trinajstić information content (AvgIpc) is 3.29. The summed E-state index contributed by atoms with van der Waals surface area (Å²) in [6.07, 6.45) is 2.29. The van der Waals surface area contributed by atoms with E-state index in [2.05, 4.69) is 10.2 Å². The van der Waals surface area contributed by atoms with Gasteiger partial charge in [0.05, 0.1) is 12.2 Å². The van der Waals surface area contributed by atoms with Crippen LogP contribution >= 0.6 is 11.6 Å². The molecule has 1 aliphatic carbocycles. The average molecular weight is 319 g/mol. The number of Topliss-reactive ketones (excluding diaryl/α,β-unsaturated/α-hetero) is 1. The van der Waals surface area contributed by atoms with E-state index in [0.29, 0.717) is 40.1 Å². The van der Waals surface area contributed by atoms with Crippen molar-refractivity contribution in [1.29, 1.82) is 0 Å². The Bertz CT molecular complexity index is 781. The lowest BCUT2D eigenvalue weighted by atomic mass is 9.98. The normalized spacial score (nSPS) is 13.9. The third-order valence-electron chi connectivity index (χ3n) is 3.58. The molecule has 1 saturated carbocycles. The molecule has 5 nitrogen and oxygen atoms in total. The fourth-order valence-corrected chi connectivity index (χ4v) is 2.39. The van der Waals surface area contributed by atoms with E-state index in [1.807, 2.05) is 0 Å². The van der Waals surface area contributed by atoms with Crippen LogP contribution < -0.4 is 10.3 Å². The summed E-state index contributed by atoms with van der Waals surface area (Å²) in [4.78, 5) is 23.5. The summed E-state index contributed by atoms with van der Waals surface area (Å²) in [5, 5.41) is 6.82. The minimum Gasteiger partial charge on any atom is -0.476 e. The second-order valence-corrected chi connectivity index (χ2v) is 5.89. The maximum atomic E-state index is 11.8. The lowest BCUT2D eigenvalue weighted by Gasteiger charge is -2.12. The quantitative estimate of drug-likeness (QED) is 0.860. The van der Waals surface area contributed by atoms with Crippen LogP contribution in [0.2, 0.25) is 5.02 Å². The second kappa shape index (κ2) is 5.93. The third kappa shape index (κ3) is 3.20. The van der Waals surface area contributed by atoms with Crippen molar-refractivity contribution in [2.24, 2.45) is 5.92 Å². The molecular weight excluding hydrogens is 304 g/mol. The van der Waals surface area contributed by atoms with Crippen molar-refractivity contribution in [2.75, 3.05) is 6.61 Å². The summed E-state index contributed by atoms with van der Waals surface area (Å²) >= 11 is 6.04. The Morgan fingerprint density at radius 1 is 1.36 bits per heavy atom. The van der Waals surface area contributed by atoms with Crippen LogP contribution in [0.5, 0.6) is 5.88 Å². The summed E-state index contributed by atoms with van der Waals surface area (Å²) in [6, 6.07) is 6.32.